The molecule has 26 heavy (non-hydrogen) atoms. The number of furan rings is 1. The van der Waals surface area contributed by atoms with E-state index in [-0.39, 0.29) is 36.3 Å². The minimum Gasteiger partial charge on any atom is -0.481 e. The van der Waals surface area contributed by atoms with Crippen LogP contribution in [-0.2, 0) is 19.6 Å². The number of rotatable bonds is 4. The summed E-state index contributed by atoms with van der Waals surface area (Å²) in [4.78, 5) is 11.9. The maximum atomic E-state index is 13.2. The van der Waals surface area contributed by atoms with Crippen molar-refractivity contribution in [3.05, 3.63) is 24.1 Å². The molecule has 2 aromatic heterocycles. The molecule has 9 nitrogen and oxygen atoms in total. The highest BCUT2D eigenvalue weighted by Crippen LogP contribution is 2.44. The Hall–Kier alpha value is -2.17. The highest BCUT2D eigenvalue weighted by atomic mass is 32.2. The molecule has 0 bridgehead atoms. The summed E-state index contributed by atoms with van der Waals surface area (Å²) < 4.78 is 38.5. The zero-order valence-electron chi connectivity index (χ0n) is 14.1. The SMILES string of the molecule is Cc1oc(-c2ccn[nH]2)cc1S(=O)(=O)N1C[C@@H]2CCOC[C@]2(C(=O)O)C1. The van der Waals surface area contributed by atoms with Crippen molar-refractivity contribution in [2.45, 2.75) is 18.2 Å². The van der Waals surface area contributed by atoms with E-state index in [1.807, 2.05) is 0 Å². The lowest BCUT2D eigenvalue weighted by Gasteiger charge is -2.34. The first-order chi connectivity index (χ1) is 12.3. The molecule has 2 atom stereocenters. The molecule has 0 amide bonds. The number of sulfonamides is 1. The lowest BCUT2D eigenvalue weighted by molar-refractivity contribution is -0.159. The number of carboxylic acid groups (broad SMARTS) is 1. The van der Waals surface area contributed by atoms with Crippen molar-refractivity contribution in [3.8, 4) is 11.5 Å². The number of carboxylic acids is 1. The Morgan fingerprint density at radius 3 is 2.96 bits per heavy atom. The van der Waals surface area contributed by atoms with Crippen LogP contribution in [0, 0.1) is 18.3 Å². The fraction of sp³-hybridized carbons (Fsp3) is 0.500. The van der Waals surface area contributed by atoms with Crippen LogP contribution >= 0.6 is 0 Å². The van der Waals surface area contributed by atoms with E-state index >= 15 is 0 Å². The molecule has 0 saturated carbocycles. The van der Waals surface area contributed by atoms with Crippen molar-refractivity contribution in [1.29, 1.82) is 0 Å². The molecule has 4 heterocycles. The largest absolute Gasteiger partial charge is 0.481 e. The maximum absolute atomic E-state index is 13.2. The van der Waals surface area contributed by atoms with E-state index in [9.17, 15) is 18.3 Å². The van der Waals surface area contributed by atoms with Crippen LogP contribution < -0.4 is 0 Å². The monoisotopic (exact) mass is 381 g/mol. The molecule has 140 valence electrons. The molecule has 2 aliphatic rings. The van der Waals surface area contributed by atoms with E-state index in [1.165, 1.54) is 10.4 Å². The van der Waals surface area contributed by atoms with Crippen molar-refractivity contribution in [2.24, 2.45) is 11.3 Å². The van der Waals surface area contributed by atoms with E-state index in [4.69, 9.17) is 9.15 Å². The van der Waals surface area contributed by atoms with Crippen molar-refractivity contribution in [1.82, 2.24) is 14.5 Å². The molecule has 2 fully saturated rings. The predicted octanol–water partition coefficient (Wildman–Crippen LogP) is 1.09. The number of nitrogens with one attached hydrogen (secondary N) is 1. The molecule has 0 unspecified atom stereocenters. The van der Waals surface area contributed by atoms with Gasteiger partial charge >= 0.3 is 5.97 Å². The number of carbonyl (C=O) groups is 1. The highest BCUT2D eigenvalue weighted by molar-refractivity contribution is 7.89. The van der Waals surface area contributed by atoms with Gasteiger partial charge in [-0.25, -0.2) is 8.42 Å². The van der Waals surface area contributed by atoms with Crippen LogP contribution in [0.5, 0.6) is 0 Å². The fourth-order valence-electron chi connectivity index (χ4n) is 3.81. The van der Waals surface area contributed by atoms with Crippen molar-refractivity contribution in [2.75, 3.05) is 26.3 Å². The summed E-state index contributed by atoms with van der Waals surface area (Å²) in [5, 5.41) is 16.3. The first kappa shape index (κ1) is 17.3. The normalized spacial score (nSPS) is 26.7. The van der Waals surface area contributed by atoms with Crippen molar-refractivity contribution in [3.63, 3.8) is 0 Å². The second-order valence-corrected chi connectivity index (χ2v) is 8.70. The number of hydrogen-bond acceptors (Lipinski definition) is 6. The summed E-state index contributed by atoms with van der Waals surface area (Å²) in [6.45, 7) is 2.12. The Morgan fingerprint density at radius 2 is 2.31 bits per heavy atom. The van der Waals surface area contributed by atoms with Gasteiger partial charge in [-0.15, -0.1) is 0 Å². The highest BCUT2D eigenvalue weighted by Gasteiger charge is 2.56. The van der Waals surface area contributed by atoms with Gasteiger partial charge in [0.05, 0.1) is 6.61 Å². The molecule has 4 rings (SSSR count). The molecule has 0 aromatic carbocycles. The number of H-pyrrole nitrogens is 1. The Kier molecular flexibility index (Phi) is 3.94. The number of nitrogens with zero attached hydrogens (tertiary/aromatic N) is 2. The van der Waals surface area contributed by atoms with Gasteiger partial charge in [0.2, 0.25) is 10.0 Å². The topological polar surface area (TPSA) is 126 Å². The van der Waals surface area contributed by atoms with Gasteiger partial charge in [-0.2, -0.15) is 9.40 Å². The number of fused-ring (bicyclic) bond motifs is 1. The van der Waals surface area contributed by atoms with Crippen LogP contribution in [-0.4, -0.2) is 60.3 Å². The number of ether oxygens (including phenoxy) is 1. The third-order valence-corrected chi connectivity index (χ3v) is 7.24. The van der Waals surface area contributed by atoms with Gasteiger partial charge < -0.3 is 14.3 Å². The van der Waals surface area contributed by atoms with Crippen molar-refractivity contribution < 1.29 is 27.5 Å². The molecular formula is C16H19N3O6S. The number of aromatic nitrogens is 2. The van der Waals surface area contributed by atoms with Crippen molar-refractivity contribution >= 4 is 16.0 Å². The minimum atomic E-state index is -3.88. The Morgan fingerprint density at radius 1 is 1.50 bits per heavy atom. The van der Waals surface area contributed by atoms with E-state index < -0.39 is 21.4 Å². The van der Waals surface area contributed by atoms with E-state index in [1.54, 1.807) is 19.2 Å². The molecule has 0 spiro atoms. The average Bonchev–Trinajstić information content (AvgIpc) is 3.32. The zero-order chi connectivity index (χ0) is 18.5. The number of hydrogen-bond donors (Lipinski definition) is 2. The summed E-state index contributed by atoms with van der Waals surface area (Å²) in [5.41, 5.74) is -0.616. The quantitative estimate of drug-likeness (QED) is 0.812. The van der Waals surface area contributed by atoms with Crippen LogP contribution in [0.25, 0.3) is 11.5 Å². The standard InChI is InChI=1S/C16H19N3O6S/c1-10-14(6-13(25-10)12-2-4-17-18-12)26(22,23)19-7-11-3-5-24-9-16(11,8-19)15(20)21/h2,4,6,11H,3,5,7-9H2,1H3,(H,17,18)(H,20,21)/t11-,16+/m0/s1. The number of aryl methyl sites for hydroxylation is 1. The third kappa shape index (κ3) is 2.48. The molecule has 2 saturated heterocycles. The molecule has 10 heteroatoms. The van der Waals surface area contributed by atoms with Gasteiger partial charge in [0.1, 0.15) is 21.8 Å². The van der Waals surface area contributed by atoms with Crippen LogP contribution in [0.3, 0.4) is 0 Å². The molecular weight excluding hydrogens is 362 g/mol. The summed E-state index contributed by atoms with van der Waals surface area (Å²) in [6, 6.07) is 3.12. The second kappa shape index (κ2) is 5.93. The molecule has 2 aromatic rings. The Labute approximate surface area is 150 Å². The van der Waals surface area contributed by atoms with E-state index in [2.05, 4.69) is 10.2 Å². The van der Waals surface area contributed by atoms with Crippen LogP contribution in [0.4, 0.5) is 0 Å². The lowest BCUT2D eigenvalue weighted by Crippen LogP contribution is -2.46. The molecule has 0 aliphatic carbocycles. The summed E-state index contributed by atoms with van der Waals surface area (Å²) in [7, 11) is -3.88. The van der Waals surface area contributed by atoms with Crippen LogP contribution in [0.1, 0.15) is 12.2 Å². The van der Waals surface area contributed by atoms with Gasteiger partial charge in [-0.3, -0.25) is 9.89 Å². The fourth-order valence-corrected chi connectivity index (χ4v) is 5.53. The van der Waals surface area contributed by atoms with Crippen LogP contribution in [0.15, 0.2) is 27.6 Å². The van der Waals surface area contributed by atoms with Gasteiger partial charge in [0.15, 0.2) is 5.76 Å². The summed E-state index contributed by atoms with van der Waals surface area (Å²) in [5.74, 6) is -0.652. The molecule has 2 aliphatic heterocycles. The van der Waals surface area contributed by atoms with Gasteiger partial charge in [0, 0.05) is 32.0 Å². The number of aliphatic carboxylic acids is 1. The third-order valence-electron chi connectivity index (χ3n) is 5.32. The van der Waals surface area contributed by atoms with Crippen LogP contribution in [0.2, 0.25) is 0 Å². The van der Waals surface area contributed by atoms with Gasteiger partial charge in [-0.05, 0) is 25.3 Å². The summed E-state index contributed by atoms with van der Waals surface area (Å²) >= 11 is 0. The predicted molar refractivity (Wildman–Crippen MR) is 88.8 cm³/mol. The van der Waals surface area contributed by atoms with E-state index in [0.29, 0.717) is 24.5 Å². The second-order valence-electron chi connectivity index (χ2n) is 6.80. The smallest absolute Gasteiger partial charge is 0.313 e. The zero-order valence-corrected chi connectivity index (χ0v) is 15.0. The maximum Gasteiger partial charge on any atom is 0.313 e. The average molecular weight is 381 g/mol. The van der Waals surface area contributed by atoms with Gasteiger partial charge in [-0.1, -0.05) is 0 Å². The lowest BCUT2D eigenvalue weighted by atomic mass is 9.76. The first-order valence-corrected chi connectivity index (χ1v) is 9.70. The first-order valence-electron chi connectivity index (χ1n) is 8.26. The Balaban J connectivity index is 1.69. The minimum absolute atomic E-state index is 0.0305. The van der Waals surface area contributed by atoms with Gasteiger partial charge in [0.25, 0.3) is 0 Å². The Bertz CT molecular complexity index is 935. The molecule has 0 radical (unpaired) electrons. The summed E-state index contributed by atoms with van der Waals surface area (Å²) in [6.07, 6.45) is 2.07. The number of aromatic amines is 1. The van der Waals surface area contributed by atoms with E-state index in [0.717, 1.165) is 0 Å². The molecule has 2 N–H and O–H groups in total.